The van der Waals surface area contributed by atoms with Crippen LogP contribution in [0.3, 0.4) is 0 Å². The molecule has 0 bridgehead atoms. The van der Waals surface area contributed by atoms with Crippen LogP contribution in [0.5, 0.6) is 0 Å². The second-order valence-electron chi connectivity index (χ2n) is 5.96. The second kappa shape index (κ2) is 13.4. The van der Waals surface area contributed by atoms with E-state index in [1.807, 2.05) is 0 Å². The molecule has 0 aromatic carbocycles. The highest BCUT2D eigenvalue weighted by Crippen LogP contribution is 2.09. The standard InChI is InChI=1S/C18H33N.FH/c1-3-5-6-7-8-9-10-11-12-15-19-16-14-18(17-19)13-4-2;/h14,16-17H,3-13,15H2,1-2H3;1H. The minimum atomic E-state index is 0. The molecule has 1 heterocycles. The number of halogens is 1. The van der Waals surface area contributed by atoms with Gasteiger partial charge in [0.05, 0.1) is 12.7 Å². The first-order valence-electron chi connectivity index (χ1n) is 8.61. The Labute approximate surface area is 125 Å². The predicted molar refractivity (Wildman–Crippen MR) is 85.2 cm³/mol. The van der Waals surface area contributed by atoms with Gasteiger partial charge in [-0.25, -0.2) is 0 Å². The summed E-state index contributed by atoms with van der Waals surface area (Å²) in [5, 5.41) is 0. The number of hydrogen-bond donors (Lipinski definition) is 1. The third-order valence-electron chi connectivity index (χ3n) is 3.99. The molecular formula is C18H34FN. The molecule has 2 heteroatoms. The van der Waals surface area contributed by atoms with Crippen molar-refractivity contribution in [3.63, 3.8) is 0 Å². The van der Waals surface area contributed by atoms with Gasteiger partial charge in [0.1, 0.15) is 6.20 Å². The fraction of sp³-hybridized carbons (Fsp3) is 0.778. The van der Waals surface area contributed by atoms with Gasteiger partial charge in [-0.3, -0.25) is 4.90 Å². The highest BCUT2D eigenvalue weighted by molar-refractivity contribution is 5.17. The van der Waals surface area contributed by atoms with Crippen LogP contribution in [0.2, 0.25) is 0 Å². The van der Waals surface area contributed by atoms with Crippen LogP contribution < -0.4 is 9.60 Å². The normalized spacial score (nSPS) is 17.1. The third-order valence-corrected chi connectivity index (χ3v) is 3.99. The number of nitrogens with one attached hydrogen (secondary N) is 1. The topological polar surface area (TPSA) is 4.44 Å². The Hall–Kier alpha value is -0.630. The number of rotatable bonds is 12. The molecule has 0 aromatic heterocycles. The predicted octanol–water partition coefficient (Wildman–Crippen LogP) is 1.62. The van der Waals surface area contributed by atoms with Gasteiger partial charge in [0.2, 0.25) is 0 Å². The van der Waals surface area contributed by atoms with Gasteiger partial charge < -0.3 is 4.70 Å². The van der Waals surface area contributed by atoms with Crippen molar-refractivity contribution in [3.05, 3.63) is 24.0 Å². The van der Waals surface area contributed by atoms with Crippen molar-refractivity contribution in [2.45, 2.75) is 84.5 Å². The van der Waals surface area contributed by atoms with Gasteiger partial charge in [0, 0.05) is 11.6 Å². The number of hydrogen-bond acceptors (Lipinski definition) is 0. The SMILES string of the molecule is CCCCCCCCCCC[NH+]1C=CC(CCC)=C1.[F-]. The maximum Gasteiger partial charge on any atom is 0.102 e. The molecule has 1 nitrogen and oxygen atoms in total. The van der Waals surface area contributed by atoms with E-state index in [1.165, 1.54) is 82.7 Å². The van der Waals surface area contributed by atoms with E-state index in [1.54, 1.807) is 4.90 Å². The molecule has 0 saturated heterocycles. The van der Waals surface area contributed by atoms with Crippen molar-refractivity contribution in [1.82, 2.24) is 0 Å². The third kappa shape index (κ3) is 9.30. The Morgan fingerprint density at radius 1 is 0.800 bits per heavy atom. The van der Waals surface area contributed by atoms with E-state index in [2.05, 4.69) is 32.3 Å². The van der Waals surface area contributed by atoms with Crippen LogP contribution in [-0.4, -0.2) is 6.54 Å². The minimum Gasteiger partial charge on any atom is -1.00 e. The molecule has 1 aliphatic rings. The summed E-state index contributed by atoms with van der Waals surface area (Å²) in [4.78, 5) is 1.56. The second-order valence-corrected chi connectivity index (χ2v) is 5.96. The lowest BCUT2D eigenvalue weighted by molar-refractivity contribution is -0.788. The maximum atomic E-state index is 2.41. The Kier molecular flexibility index (Phi) is 12.9. The van der Waals surface area contributed by atoms with Crippen molar-refractivity contribution < 1.29 is 9.60 Å². The molecule has 0 aliphatic carbocycles. The molecule has 0 fully saturated rings. The molecule has 118 valence electrons. The average Bonchev–Trinajstić information content (AvgIpc) is 2.85. The molecular weight excluding hydrogens is 249 g/mol. The summed E-state index contributed by atoms with van der Waals surface area (Å²) in [5.41, 5.74) is 1.54. The molecule has 0 radical (unpaired) electrons. The van der Waals surface area contributed by atoms with Gasteiger partial charge in [-0.05, 0) is 19.3 Å². The van der Waals surface area contributed by atoms with Gasteiger partial charge in [0.25, 0.3) is 0 Å². The van der Waals surface area contributed by atoms with Crippen LogP contribution in [0.1, 0.15) is 84.5 Å². The van der Waals surface area contributed by atoms with E-state index in [0.29, 0.717) is 0 Å². The first kappa shape index (κ1) is 19.4. The molecule has 1 rings (SSSR count). The van der Waals surface area contributed by atoms with Gasteiger partial charge in [-0.15, -0.1) is 0 Å². The van der Waals surface area contributed by atoms with E-state index in [4.69, 9.17) is 0 Å². The van der Waals surface area contributed by atoms with E-state index < -0.39 is 0 Å². The summed E-state index contributed by atoms with van der Waals surface area (Å²) >= 11 is 0. The summed E-state index contributed by atoms with van der Waals surface area (Å²) in [6, 6.07) is 0. The minimum absolute atomic E-state index is 0. The van der Waals surface area contributed by atoms with Crippen LogP contribution in [0.15, 0.2) is 24.0 Å². The van der Waals surface area contributed by atoms with Crippen LogP contribution in [0, 0.1) is 0 Å². The van der Waals surface area contributed by atoms with E-state index in [9.17, 15) is 0 Å². The van der Waals surface area contributed by atoms with Crippen LogP contribution in [0.4, 0.5) is 0 Å². The summed E-state index contributed by atoms with van der Waals surface area (Å²) in [7, 11) is 0. The molecule has 0 aromatic rings. The van der Waals surface area contributed by atoms with Crippen LogP contribution in [-0.2, 0) is 0 Å². The van der Waals surface area contributed by atoms with Crippen molar-refractivity contribution in [2.75, 3.05) is 6.54 Å². The lowest BCUT2D eigenvalue weighted by atomic mass is 10.1. The van der Waals surface area contributed by atoms with Gasteiger partial charge in [-0.1, -0.05) is 65.2 Å². The summed E-state index contributed by atoms with van der Waals surface area (Å²) in [6.07, 6.45) is 22.4. The number of allylic oxidation sites excluding steroid dienone is 2. The van der Waals surface area contributed by atoms with Crippen molar-refractivity contribution in [2.24, 2.45) is 0 Å². The number of unbranched alkanes of at least 4 members (excludes halogenated alkanes) is 8. The Morgan fingerprint density at radius 3 is 2.00 bits per heavy atom. The lowest BCUT2D eigenvalue weighted by Crippen LogP contribution is -3.01. The fourth-order valence-electron chi connectivity index (χ4n) is 2.79. The summed E-state index contributed by atoms with van der Waals surface area (Å²) < 4.78 is 0. The fourth-order valence-corrected chi connectivity index (χ4v) is 2.79. The van der Waals surface area contributed by atoms with E-state index >= 15 is 0 Å². The van der Waals surface area contributed by atoms with Gasteiger partial charge >= 0.3 is 0 Å². The van der Waals surface area contributed by atoms with Crippen molar-refractivity contribution in [3.8, 4) is 0 Å². The number of quaternary nitrogens is 1. The molecule has 20 heavy (non-hydrogen) atoms. The van der Waals surface area contributed by atoms with Crippen LogP contribution >= 0.6 is 0 Å². The maximum absolute atomic E-state index is 2.41. The molecule has 0 amide bonds. The van der Waals surface area contributed by atoms with Crippen molar-refractivity contribution in [1.29, 1.82) is 0 Å². The largest absolute Gasteiger partial charge is 1.00 e. The molecule has 0 spiro atoms. The quantitative estimate of drug-likeness (QED) is 0.519. The molecule has 1 unspecified atom stereocenters. The van der Waals surface area contributed by atoms with E-state index in [0.717, 1.165) is 0 Å². The highest BCUT2D eigenvalue weighted by Gasteiger charge is 2.09. The molecule has 0 saturated carbocycles. The van der Waals surface area contributed by atoms with Gasteiger partial charge in [-0.2, -0.15) is 0 Å². The zero-order valence-electron chi connectivity index (χ0n) is 13.6. The first-order valence-corrected chi connectivity index (χ1v) is 8.61. The first-order chi connectivity index (χ1) is 9.36. The monoisotopic (exact) mass is 283 g/mol. The zero-order valence-corrected chi connectivity index (χ0v) is 13.6. The summed E-state index contributed by atoms with van der Waals surface area (Å²) in [6.45, 7) is 5.84. The van der Waals surface area contributed by atoms with E-state index in [-0.39, 0.29) is 4.70 Å². The Bertz CT molecular complexity index is 271. The Morgan fingerprint density at radius 2 is 1.40 bits per heavy atom. The Balaban J connectivity index is 0.00000361. The van der Waals surface area contributed by atoms with Crippen molar-refractivity contribution >= 4 is 0 Å². The highest BCUT2D eigenvalue weighted by atomic mass is 19.0. The molecule has 1 atom stereocenters. The van der Waals surface area contributed by atoms with Gasteiger partial charge in [0.15, 0.2) is 0 Å². The summed E-state index contributed by atoms with van der Waals surface area (Å²) in [5.74, 6) is 0. The average molecular weight is 283 g/mol. The lowest BCUT2D eigenvalue weighted by Gasteiger charge is -2.06. The molecule has 1 N–H and O–H groups in total. The smallest absolute Gasteiger partial charge is 0.102 e. The molecule has 1 aliphatic heterocycles. The van der Waals surface area contributed by atoms with Crippen LogP contribution in [0.25, 0.3) is 0 Å². The zero-order chi connectivity index (χ0) is 13.8.